The van der Waals surface area contributed by atoms with Crippen LogP contribution in [0.25, 0.3) is 0 Å². The SMILES string of the molecule is CNC(c1ccc(C(C)C)cc1)c1cc(C)cnc1N. The lowest BCUT2D eigenvalue weighted by Gasteiger charge is -2.19. The van der Waals surface area contributed by atoms with Crippen molar-refractivity contribution in [2.75, 3.05) is 12.8 Å². The van der Waals surface area contributed by atoms with Gasteiger partial charge in [0.05, 0.1) is 6.04 Å². The molecule has 0 aliphatic carbocycles. The molecule has 3 N–H and O–H groups in total. The number of nitrogens with one attached hydrogen (secondary N) is 1. The average molecular weight is 269 g/mol. The van der Waals surface area contributed by atoms with E-state index < -0.39 is 0 Å². The number of aryl methyl sites for hydroxylation is 1. The first-order chi connectivity index (χ1) is 9.52. The van der Waals surface area contributed by atoms with Gasteiger partial charge in [0.25, 0.3) is 0 Å². The molecule has 20 heavy (non-hydrogen) atoms. The maximum atomic E-state index is 6.03. The smallest absolute Gasteiger partial charge is 0.128 e. The van der Waals surface area contributed by atoms with Crippen molar-refractivity contribution in [3.05, 3.63) is 58.8 Å². The molecule has 106 valence electrons. The van der Waals surface area contributed by atoms with Crippen LogP contribution in [-0.4, -0.2) is 12.0 Å². The second-order valence-corrected chi connectivity index (χ2v) is 5.53. The second kappa shape index (κ2) is 6.06. The Bertz CT molecular complexity index is 573. The molecule has 3 heteroatoms. The number of nitrogens with zero attached hydrogens (tertiary/aromatic N) is 1. The zero-order valence-electron chi connectivity index (χ0n) is 12.6. The van der Waals surface area contributed by atoms with E-state index in [4.69, 9.17) is 5.73 Å². The van der Waals surface area contributed by atoms with Crippen LogP contribution < -0.4 is 11.1 Å². The third kappa shape index (κ3) is 2.99. The highest BCUT2D eigenvalue weighted by Crippen LogP contribution is 2.27. The van der Waals surface area contributed by atoms with Gasteiger partial charge in [0, 0.05) is 11.8 Å². The van der Waals surface area contributed by atoms with Crippen molar-refractivity contribution < 1.29 is 0 Å². The minimum atomic E-state index is 0.0728. The van der Waals surface area contributed by atoms with E-state index in [2.05, 4.69) is 54.5 Å². The van der Waals surface area contributed by atoms with Gasteiger partial charge in [-0.2, -0.15) is 0 Å². The normalized spacial score (nSPS) is 12.7. The first-order valence-electron chi connectivity index (χ1n) is 7.02. The van der Waals surface area contributed by atoms with Gasteiger partial charge in [-0.15, -0.1) is 0 Å². The lowest BCUT2D eigenvalue weighted by Crippen LogP contribution is -2.19. The highest BCUT2D eigenvalue weighted by atomic mass is 14.9. The molecule has 0 radical (unpaired) electrons. The maximum absolute atomic E-state index is 6.03. The Morgan fingerprint density at radius 3 is 2.25 bits per heavy atom. The third-order valence-electron chi connectivity index (χ3n) is 3.62. The number of nitrogen functional groups attached to an aromatic ring is 1. The van der Waals surface area contributed by atoms with Crippen molar-refractivity contribution in [1.82, 2.24) is 10.3 Å². The number of aromatic nitrogens is 1. The molecule has 0 aliphatic heterocycles. The highest BCUT2D eigenvalue weighted by molar-refractivity contribution is 5.47. The molecule has 2 rings (SSSR count). The van der Waals surface area contributed by atoms with Gasteiger partial charge in [0.1, 0.15) is 5.82 Å². The van der Waals surface area contributed by atoms with Crippen molar-refractivity contribution in [1.29, 1.82) is 0 Å². The van der Waals surface area contributed by atoms with E-state index >= 15 is 0 Å². The molecule has 0 bridgehead atoms. The van der Waals surface area contributed by atoms with Gasteiger partial charge in [0.2, 0.25) is 0 Å². The molecule has 0 saturated heterocycles. The Labute approximate surface area is 121 Å². The van der Waals surface area contributed by atoms with Crippen LogP contribution in [0.15, 0.2) is 36.5 Å². The Balaban J connectivity index is 2.39. The van der Waals surface area contributed by atoms with Crippen LogP contribution in [0.5, 0.6) is 0 Å². The van der Waals surface area contributed by atoms with E-state index in [9.17, 15) is 0 Å². The van der Waals surface area contributed by atoms with Gasteiger partial charge in [-0.25, -0.2) is 4.98 Å². The molecule has 1 unspecified atom stereocenters. The molecule has 0 amide bonds. The molecular weight excluding hydrogens is 246 g/mol. The van der Waals surface area contributed by atoms with Gasteiger partial charge in [-0.1, -0.05) is 38.1 Å². The lowest BCUT2D eigenvalue weighted by atomic mass is 9.95. The number of hydrogen-bond acceptors (Lipinski definition) is 3. The summed E-state index contributed by atoms with van der Waals surface area (Å²) in [5.41, 5.74) is 10.7. The molecule has 0 aliphatic rings. The molecule has 1 atom stereocenters. The quantitative estimate of drug-likeness (QED) is 0.894. The second-order valence-electron chi connectivity index (χ2n) is 5.53. The van der Waals surface area contributed by atoms with Gasteiger partial charge < -0.3 is 11.1 Å². The minimum absolute atomic E-state index is 0.0728. The van der Waals surface area contributed by atoms with E-state index in [1.54, 1.807) is 6.20 Å². The predicted molar refractivity (Wildman–Crippen MR) is 84.8 cm³/mol. The Hall–Kier alpha value is -1.87. The largest absolute Gasteiger partial charge is 0.383 e. The Morgan fingerprint density at radius 1 is 1.10 bits per heavy atom. The van der Waals surface area contributed by atoms with E-state index in [0.29, 0.717) is 11.7 Å². The lowest BCUT2D eigenvalue weighted by molar-refractivity contribution is 0.689. The number of rotatable bonds is 4. The monoisotopic (exact) mass is 269 g/mol. The maximum Gasteiger partial charge on any atom is 0.128 e. The van der Waals surface area contributed by atoms with Crippen molar-refractivity contribution >= 4 is 5.82 Å². The van der Waals surface area contributed by atoms with Crippen LogP contribution in [0.3, 0.4) is 0 Å². The van der Waals surface area contributed by atoms with Crippen LogP contribution in [-0.2, 0) is 0 Å². The van der Waals surface area contributed by atoms with E-state index in [-0.39, 0.29) is 6.04 Å². The van der Waals surface area contributed by atoms with Crippen molar-refractivity contribution in [3.63, 3.8) is 0 Å². The standard InChI is InChI=1S/C17H23N3/c1-11(2)13-5-7-14(8-6-13)16(19-4)15-9-12(3)10-20-17(15)18/h5-11,16,19H,1-4H3,(H2,18,20). The fraction of sp³-hybridized carbons (Fsp3) is 0.353. The first kappa shape index (κ1) is 14.5. The van der Waals surface area contributed by atoms with Gasteiger partial charge in [-0.3, -0.25) is 0 Å². The molecular formula is C17H23N3. The fourth-order valence-electron chi connectivity index (χ4n) is 2.41. The number of pyridine rings is 1. The van der Waals surface area contributed by atoms with E-state index in [1.807, 2.05) is 14.0 Å². The van der Waals surface area contributed by atoms with Crippen molar-refractivity contribution in [2.45, 2.75) is 32.7 Å². The third-order valence-corrected chi connectivity index (χ3v) is 3.62. The Kier molecular flexibility index (Phi) is 4.40. The summed E-state index contributed by atoms with van der Waals surface area (Å²) in [6, 6.07) is 10.9. The summed E-state index contributed by atoms with van der Waals surface area (Å²) in [6.07, 6.45) is 1.80. The molecule has 1 heterocycles. The first-order valence-corrected chi connectivity index (χ1v) is 7.02. The fourth-order valence-corrected chi connectivity index (χ4v) is 2.41. The molecule has 0 spiro atoms. The molecule has 0 saturated carbocycles. The number of hydrogen-bond donors (Lipinski definition) is 2. The summed E-state index contributed by atoms with van der Waals surface area (Å²) >= 11 is 0. The zero-order chi connectivity index (χ0) is 14.7. The van der Waals surface area contributed by atoms with Gasteiger partial charge in [-0.05, 0) is 42.6 Å². The summed E-state index contributed by atoms with van der Waals surface area (Å²) in [4.78, 5) is 4.26. The molecule has 1 aromatic carbocycles. The number of benzene rings is 1. The van der Waals surface area contributed by atoms with E-state index in [0.717, 1.165) is 11.1 Å². The van der Waals surface area contributed by atoms with Crippen LogP contribution in [0.1, 0.15) is 48.1 Å². The zero-order valence-corrected chi connectivity index (χ0v) is 12.6. The van der Waals surface area contributed by atoms with E-state index in [1.165, 1.54) is 11.1 Å². The van der Waals surface area contributed by atoms with Gasteiger partial charge in [0.15, 0.2) is 0 Å². The van der Waals surface area contributed by atoms with Crippen LogP contribution >= 0.6 is 0 Å². The van der Waals surface area contributed by atoms with Crippen molar-refractivity contribution in [2.24, 2.45) is 0 Å². The molecule has 2 aromatic rings. The van der Waals surface area contributed by atoms with Crippen molar-refractivity contribution in [3.8, 4) is 0 Å². The minimum Gasteiger partial charge on any atom is -0.383 e. The summed E-state index contributed by atoms with van der Waals surface area (Å²) in [5, 5.41) is 3.33. The Morgan fingerprint density at radius 2 is 1.70 bits per heavy atom. The summed E-state index contributed by atoms with van der Waals surface area (Å²) < 4.78 is 0. The molecule has 0 fully saturated rings. The predicted octanol–water partition coefficient (Wildman–Crippen LogP) is 3.40. The summed E-state index contributed by atoms with van der Waals surface area (Å²) in [5.74, 6) is 1.13. The molecule has 3 nitrogen and oxygen atoms in total. The molecule has 1 aromatic heterocycles. The topological polar surface area (TPSA) is 50.9 Å². The number of nitrogens with two attached hydrogens (primary N) is 1. The average Bonchev–Trinajstić information content (AvgIpc) is 2.44. The van der Waals surface area contributed by atoms with Gasteiger partial charge >= 0.3 is 0 Å². The summed E-state index contributed by atoms with van der Waals surface area (Å²) in [7, 11) is 1.95. The number of anilines is 1. The van der Waals surface area contributed by atoms with Crippen LogP contribution in [0, 0.1) is 6.92 Å². The summed E-state index contributed by atoms with van der Waals surface area (Å²) in [6.45, 7) is 6.44. The van der Waals surface area contributed by atoms with Crippen LogP contribution in [0.4, 0.5) is 5.82 Å². The van der Waals surface area contributed by atoms with Crippen LogP contribution in [0.2, 0.25) is 0 Å². The highest BCUT2D eigenvalue weighted by Gasteiger charge is 2.16.